The van der Waals surface area contributed by atoms with Crippen molar-refractivity contribution in [3.8, 4) is 6.01 Å². The smallest absolute Gasteiger partial charge is 0.316 e. The first kappa shape index (κ1) is 25.4. The third-order valence-corrected chi connectivity index (χ3v) is 7.25. The van der Waals surface area contributed by atoms with Crippen LogP contribution in [0.3, 0.4) is 0 Å². The molecule has 1 amide bonds. The van der Waals surface area contributed by atoms with Crippen LogP contribution in [0.15, 0.2) is 36.7 Å². The monoisotopic (exact) mass is 533 g/mol. The van der Waals surface area contributed by atoms with Crippen LogP contribution in [0.4, 0.5) is 15.8 Å². The summed E-state index contributed by atoms with van der Waals surface area (Å²) in [5.41, 5.74) is 2.39. The van der Waals surface area contributed by atoms with E-state index in [1.807, 2.05) is 6.07 Å². The molecule has 2 aromatic heterocycles. The molecule has 2 aliphatic rings. The van der Waals surface area contributed by atoms with E-state index in [0.29, 0.717) is 53.4 Å². The van der Waals surface area contributed by atoms with Crippen LogP contribution in [0, 0.1) is 11.7 Å². The van der Waals surface area contributed by atoms with Gasteiger partial charge in [0.15, 0.2) is 5.82 Å². The average molecular weight is 534 g/mol. The molecule has 0 bridgehead atoms. The second-order valence-corrected chi connectivity index (χ2v) is 10.6. The molecule has 3 atom stereocenters. The van der Waals surface area contributed by atoms with E-state index in [-0.39, 0.29) is 11.5 Å². The summed E-state index contributed by atoms with van der Waals surface area (Å²) in [5.74, 6) is -0.607. The van der Waals surface area contributed by atoms with Gasteiger partial charge in [0.25, 0.3) is 5.91 Å². The van der Waals surface area contributed by atoms with E-state index in [0.717, 1.165) is 37.2 Å². The number of ether oxygens (including phenoxy) is 2. The summed E-state index contributed by atoms with van der Waals surface area (Å²) in [6.45, 7) is 7.77. The van der Waals surface area contributed by atoms with Crippen LogP contribution in [0.1, 0.15) is 30.6 Å². The van der Waals surface area contributed by atoms with E-state index in [9.17, 15) is 9.18 Å². The van der Waals surface area contributed by atoms with E-state index in [2.05, 4.69) is 39.5 Å². The fourth-order valence-electron chi connectivity index (χ4n) is 5.53. The lowest BCUT2D eigenvalue weighted by Crippen LogP contribution is -2.54. The second kappa shape index (κ2) is 10.4. The van der Waals surface area contributed by atoms with E-state index >= 15 is 0 Å². The Hall–Kier alpha value is -3.83. The lowest BCUT2D eigenvalue weighted by molar-refractivity contribution is 0.102. The van der Waals surface area contributed by atoms with Crippen molar-refractivity contribution in [2.45, 2.75) is 32.4 Å². The number of carbonyl (C=O) groups is 1. The molecule has 204 valence electrons. The fraction of sp³-hybridized carbons (Fsp3) is 0.429. The van der Waals surface area contributed by atoms with Gasteiger partial charge in [-0.1, -0.05) is 0 Å². The number of aryl methyl sites for hydroxylation is 1. The Labute approximate surface area is 225 Å². The van der Waals surface area contributed by atoms with E-state index in [4.69, 9.17) is 14.5 Å². The number of aromatic nitrogens is 4. The van der Waals surface area contributed by atoms with Crippen LogP contribution in [0.2, 0.25) is 0 Å². The first-order valence-electron chi connectivity index (χ1n) is 13.3. The van der Waals surface area contributed by atoms with Gasteiger partial charge in [0.05, 0.1) is 24.3 Å². The SMILES string of the molecule is C[C@H]1CN(c2ccc(C(=O)Nc3cc(F)c4nn(C)cc4c3)c3nc(OC[C@@H]4CCOC4)ncc23)C[C@H](C)N1. The number of benzene rings is 2. The zero-order valence-electron chi connectivity index (χ0n) is 22.3. The quantitative estimate of drug-likeness (QED) is 0.388. The van der Waals surface area contributed by atoms with E-state index in [1.165, 1.54) is 6.07 Å². The maximum absolute atomic E-state index is 14.7. The standard InChI is InChI=1S/C28H32FN7O3/c1-16-11-36(12-17(2)31-16)24-5-4-21(26-22(24)10-30-28(33-26)39-15-18-6-7-38-14-18)27(37)32-20-8-19-13-35(3)34-25(19)23(29)9-20/h4-5,8-10,13,16-18,31H,6-7,11-12,14-15H2,1-3H3,(H,32,37)/t16-,17-,18+/m0/s1. The predicted molar refractivity (Wildman–Crippen MR) is 147 cm³/mol. The Morgan fingerprint density at radius 3 is 2.82 bits per heavy atom. The number of rotatable bonds is 6. The van der Waals surface area contributed by atoms with E-state index in [1.54, 1.807) is 36.3 Å². The number of halogens is 1. The number of hydrogen-bond donors (Lipinski definition) is 2. The second-order valence-electron chi connectivity index (χ2n) is 10.6. The topological polar surface area (TPSA) is 106 Å². The highest BCUT2D eigenvalue weighted by Crippen LogP contribution is 2.31. The summed E-state index contributed by atoms with van der Waals surface area (Å²) in [6, 6.07) is 7.52. The van der Waals surface area contributed by atoms with Crippen LogP contribution in [0.5, 0.6) is 6.01 Å². The predicted octanol–water partition coefficient (Wildman–Crippen LogP) is 3.51. The molecule has 4 heterocycles. The third kappa shape index (κ3) is 5.24. The van der Waals surface area contributed by atoms with Crippen LogP contribution in [-0.4, -0.2) is 70.6 Å². The van der Waals surface area contributed by atoms with Crippen molar-refractivity contribution in [2.24, 2.45) is 13.0 Å². The summed E-state index contributed by atoms with van der Waals surface area (Å²) in [4.78, 5) is 25.0. The summed E-state index contributed by atoms with van der Waals surface area (Å²) >= 11 is 0. The fourth-order valence-corrected chi connectivity index (χ4v) is 5.53. The molecule has 2 N–H and O–H groups in total. The zero-order valence-corrected chi connectivity index (χ0v) is 22.3. The van der Waals surface area contributed by atoms with Gasteiger partial charge in [-0.05, 0) is 44.5 Å². The van der Waals surface area contributed by atoms with Crippen LogP contribution >= 0.6 is 0 Å². The minimum absolute atomic E-state index is 0.213. The number of anilines is 2. The average Bonchev–Trinajstić information content (AvgIpc) is 3.55. The number of fused-ring (bicyclic) bond motifs is 2. The molecule has 2 aromatic carbocycles. The lowest BCUT2D eigenvalue weighted by Gasteiger charge is -2.38. The number of hydrogen-bond acceptors (Lipinski definition) is 8. The molecule has 0 aliphatic carbocycles. The van der Waals surface area contributed by atoms with Crippen molar-refractivity contribution in [3.63, 3.8) is 0 Å². The van der Waals surface area contributed by atoms with Crippen LogP contribution in [0.25, 0.3) is 21.8 Å². The third-order valence-electron chi connectivity index (χ3n) is 7.25. The molecule has 0 spiro atoms. The Kier molecular flexibility index (Phi) is 6.78. The van der Waals surface area contributed by atoms with Crippen molar-refractivity contribution < 1.29 is 18.7 Å². The molecule has 0 saturated carbocycles. The Morgan fingerprint density at radius 2 is 2.05 bits per heavy atom. The summed E-state index contributed by atoms with van der Waals surface area (Å²) in [7, 11) is 1.73. The molecule has 4 aromatic rings. The molecular formula is C28H32FN7O3. The number of amides is 1. The molecule has 39 heavy (non-hydrogen) atoms. The highest BCUT2D eigenvalue weighted by atomic mass is 19.1. The van der Waals surface area contributed by atoms with Gasteiger partial charge >= 0.3 is 6.01 Å². The highest BCUT2D eigenvalue weighted by Gasteiger charge is 2.25. The highest BCUT2D eigenvalue weighted by molar-refractivity contribution is 6.14. The molecule has 2 fully saturated rings. The normalized spacial score (nSPS) is 21.5. The maximum atomic E-state index is 14.7. The van der Waals surface area contributed by atoms with Crippen molar-refractivity contribution in [1.29, 1.82) is 0 Å². The molecule has 6 rings (SSSR count). The zero-order chi connectivity index (χ0) is 27.1. The van der Waals surface area contributed by atoms with Gasteiger partial charge in [-0.15, -0.1) is 0 Å². The minimum Gasteiger partial charge on any atom is -0.463 e. The van der Waals surface area contributed by atoms with Gasteiger partial charge in [0.1, 0.15) is 5.52 Å². The summed E-state index contributed by atoms with van der Waals surface area (Å²) in [6.07, 6.45) is 4.37. The molecule has 2 saturated heterocycles. The number of carbonyl (C=O) groups excluding carboxylic acids is 1. The number of piperazine rings is 1. The van der Waals surface area contributed by atoms with Crippen molar-refractivity contribution in [3.05, 3.63) is 48.0 Å². The molecule has 2 aliphatic heterocycles. The molecule has 10 nitrogen and oxygen atoms in total. The first-order chi connectivity index (χ1) is 18.8. The number of nitrogens with one attached hydrogen (secondary N) is 2. The summed E-state index contributed by atoms with van der Waals surface area (Å²) in [5, 5.41) is 11.9. The van der Waals surface area contributed by atoms with E-state index < -0.39 is 11.7 Å². The maximum Gasteiger partial charge on any atom is 0.316 e. The van der Waals surface area contributed by atoms with Gasteiger partial charge in [-0.3, -0.25) is 9.48 Å². The largest absolute Gasteiger partial charge is 0.463 e. The Bertz CT molecular complexity index is 1520. The Morgan fingerprint density at radius 1 is 1.23 bits per heavy atom. The number of nitrogens with zero attached hydrogens (tertiary/aromatic N) is 5. The minimum atomic E-state index is -0.501. The van der Waals surface area contributed by atoms with Crippen molar-refractivity contribution in [1.82, 2.24) is 25.1 Å². The first-order valence-corrected chi connectivity index (χ1v) is 13.3. The van der Waals surface area contributed by atoms with Crippen LogP contribution in [-0.2, 0) is 11.8 Å². The van der Waals surface area contributed by atoms with Gasteiger partial charge in [0, 0.05) is 79.3 Å². The molecule has 0 radical (unpaired) electrons. The Balaban J connectivity index is 1.36. The molecular weight excluding hydrogens is 501 g/mol. The lowest BCUT2D eigenvalue weighted by atomic mass is 10.0. The summed E-state index contributed by atoms with van der Waals surface area (Å²) < 4.78 is 27.6. The van der Waals surface area contributed by atoms with Gasteiger partial charge in [-0.25, -0.2) is 9.37 Å². The molecule has 11 heteroatoms. The van der Waals surface area contributed by atoms with Crippen LogP contribution < -0.4 is 20.3 Å². The van der Waals surface area contributed by atoms with Crippen molar-refractivity contribution >= 4 is 39.1 Å². The van der Waals surface area contributed by atoms with Crippen molar-refractivity contribution in [2.75, 3.05) is 43.1 Å². The van der Waals surface area contributed by atoms with Gasteiger partial charge in [-0.2, -0.15) is 10.1 Å². The molecule has 0 unspecified atom stereocenters. The van der Waals surface area contributed by atoms with Gasteiger partial charge in [0.2, 0.25) is 0 Å². The van der Waals surface area contributed by atoms with Gasteiger partial charge < -0.3 is 25.0 Å².